The van der Waals surface area contributed by atoms with Gasteiger partial charge in [0.1, 0.15) is 5.75 Å². The Bertz CT molecular complexity index is 374. The molecule has 1 fully saturated rings. The summed E-state index contributed by atoms with van der Waals surface area (Å²) in [6.07, 6.45) is 4.46. The number of carbonyl (C=O) groups is 1. The van der Waals surface area contributed by atoms with E-state index in [1.54, 1.807) is 12.1 Å². The standard InChI is InChI=1S/C12H12O2/c13-11-6-4-9(5-7-11)8-10-2-1-3-12(10)14/h4-8,13H,1-3H2/b10-8-. The monoisotopic (exact) mass is 188 g/mol. The molecular formula is C12H12O2. The summed E-state index contributed by atoms with van der Waals surface area (Å²) >= 11 is 0. The van der Waals surface area contributed by atoms with Crippen molar-refractivity contribution in [1.29, 1.82) is 0 Å². The molecule has 72 valence electrons. The van der Waals surface area contributed by atoms with Crippen molar-refractivity contribution in [3.8, 4) is 5.75 Å². The highest BCUT2D eigenvalue weighted by atomic mass is 16.3. The molecule has 0 unspecified atom stereocenters. The van der Waals surface area contributed by atoms with Crippen LogP contribution in [-0.2, 0) is 4.79 Å². The molecule has 1 aliphatic carbocycles. The molecule has 0 bridgehead atoms. The van der Waals surface area contributed by atoms with Crippen molar-refractivity contribution in [2.75, 3.05) is 0 Å². The number of benzene rings is 1. The lowest BCUT2D eigenvalue weighted by Gasteiger charge is -1.96. The normalized spacial score (nSPS) is 19.1. The van der Waals surface area contributed by atoms with Crippen LogP contribution in [0.5, 0.6) is 5.75 Å². The van der Waals surface area contributed by atoms with Crippen LogP contribution in [0.25, 0.3) is 6.08 Å². The predicted octanol–water partition coefficient (Wildman–Crippen LogP) is 2.53. The predicted molar refractivity (Wildman–Crippen MR) is 54.9 cm³/mol. The van der Waals surface area contributed by atoms with E-state index in [9.17, 15) is 4.79 Å². The van der Waals surface area contributed by atoms with Crippen LogP contribution in [0.2, 0.25) is 0 Å². The van der Waals surface area contributed by atoms with Gasteiger partial charge in [-0.3, -0.25) is 4.79 Å². The minimum absolute atomic E-state index is 0.255. The molecule has 1 N–H and O–H groups in total. The Kier molecular flexibility index (Phi) is 2.35. The van der Waals surface area contributed by atoms with Crippen LogP contribution in [0.3, 0.4) is 0 Å². The number of Topliss-reactive ketones (excluding diaryl/α,β-unsaturated/α-hetero) is 1. The minimum atomic E-state index is 0.255. The minimum Gasteiger partial charge on any atom is -0.508 e. The summed E-state index contributed by atoms with van der Waals surface area (Å²) in [6.45, 7) is 0. The first-order valence-corrected chi connectivity index (χ1v) is 4.78. The van der Waals surface area contributed by atoms with Crippen LogP contribution in [0, 0.1) is 0 Å². The molecule has 1 aromatic rings. The lowest BCUT2D eigenvalue weighted by atomic mass is 10.1. The number of aromatic hydroxyl groups is 1. The molecule has 0 spiro atoms. The third-order valence-electron chi connectivity index (χ3n) is 2.44. The molecule has 1 saturated carbocycles. The van der Waals surface area contributed by atoms with Crippen LogP contribution in [0.1, 0.15) is 24.8 Å². The van der Waals surface area contributed by atoms with Crippen molar-refractivity contribution in [2.24, 2.45) is 0 Å². The summed E-state index contributed by atoms with van der Waals surface area (Å²) in [5.41, 5.74) is 1.89. The van der Waals surface area contributed by atoms with E-state index in [4.69, 9.17) is 5.11 Å². The van der Waals surface area contributed by atoms with Crippen molar-refractivity contribution >= 4 is 11.9 Å². The van der Waals surface area contributed by atoms with E-state index < -0.39 is 0 Å². The van der Waals surface area contributed by atoms with Crippen LogP contribution in [-0.4, -0.2) is 10.9 Å². The zero-order valence-corrected chi connectivity index (χ0v) is 7.86. The number of rotatable bonds is 1. The highest BCUT2D eigenvalue weighted by molar-refractivity contribution is 6.01. The van der Waals surface area contributed by atoms with Gasteiger partial charge in [-0.15, -0.1) is 0 Å². The molecule has 0 saturated heterocycles. The molecule has 0 aliphatic heterocycles. The molecule has 1 aliphatic rings. The van der Waals surface area contributed by atoms with E-state index in [-0.39, 0.29) is 11.5 Å². The van der Waals surface area contributed by atoms with Crippen LogP contribution in [0.15, 0.2) is 29.8 Å². The number of hydrogen-bond acceptors (Lipinski definition) is 2. The summed E-state index contributed by atoms with van der Waals surface area (Å²) in [4.78, 5) is 11.3. The molecule has 0 atom stereocenters. The smallest absolute Gasteiger partial charge is 0.158 e. The number of phenols is 1. The second-order valence-electron chi connectivity index (χ2n) is 3.54. The maximum absolute atomic E-state index is 11.3. The Hall–Kier alpha value is -1.57. The number of carbonyl (C=O) groups excluding carboxylic acids is 1. The average Bonchev–Trinajstić information content (AvgIpc) is 2.56. The summed E-state index contributed by atoms with van der Waals surface area (Å²) in [6, 6.07) is 6.89. The molecule has 0 amide bonds. The Morgan fingerprint density at radius 1 is 1.14 bits per heavy atom. The van der Waals surface area contributed by atoms with Crippen molar-refractivity contribution < 1.29 is 9.90 Å². The lowest BCUT2D eigenvalue weighted by Crippen LogP contribution is -1.90. The van der Waals surface area contributed by atoms with Crippen molar-refractivity contribution in [3.05, 3.63) is 35.4 Å². The quantitative estimate of drug-likeness (QED) is 0.687. The third kappa shape index (κ3) is 1.84. The highest BCUT2D eigenvalue weighted by Crippen LogP contribution is 2.23. The molecule has 0 aromatic heterocycles. The van der Waals surface area contributed by atoms with E-state index >= 15 is 0 Å². The summed E-state index contributed by atoms with van der Waals surface area (Å²) in [7, 11) is 0. The number of phenolic OH excluding ortho intramolecular Hbond substituents is 1. The average molecular weight is 188 g/mol. The van der Waals surface area contributed by atoms with Crippen molar-refractivity contribution in [2.45, 2.75) is 19.3 Å². The first-order chi connectivity index (χ1) is 6.75. The molecule has 2 heteroatoms. The maximum Gasteiger partial charge on any atom is 0.158 e. The first kappa shape index (κ1) is 9.00. The van der Waals surface area contributed by atoms with Gasteiger partial charge in [0.25, 0.3) is 0 Å². The Balaban J connectivity index is 2.24. The summed E-state index contributed by atoms with van der Waals surface area (Å²) in [5.74, 6) is 0.517. The van der Waals surface area contributed by atoms with Gasteiger partial charge in [0.15, 0.2) is 5.78 Å². The van der Waals surface area contributed by atoms with E-state index in [0.717, 1.165) is 24.0 Å². The molecule has 14 heavy (non-hydrogen) atoms. The Morgan fingerprint density at radius 2 is 1.86 bits per heavy atom. The van der Waals surface area contributed by atoms with Gasteiger partial charge in [-0.1, -0.05) is 12.1 Å². The number of ketones is 1. The van der Waals surface area contributed by atoms with Crippen LogP contribution in [0.4, 0.5) is 0 Å². The highest BCUT2D eigenvalue weighted by Gasteiger charge is 2.16. The molecule has 1 aromatic carbocycles. The molecule has 0 heterocycles. The fraction of sp³-hybridized carbons (Fsp3) is 0.250. The van der Waals surface area contributed by atoms with E-state index in [1.165, 1.54) is 0 Å². The SMILES string of the molecule is O=C1CCC/C1=C/c1ccc(O)cc1. The molecule has 2 nitrogen and oxygen atoms in total. The van der Waals surface area contributed by atoms with Crippen LogP contribution >= 0.6 is 0 Å². The lowest BCUT2D eigenvalue weighted by molar-refractivity contribution is -0.114. The van der Waals surface area contributed by atoms with E-state index in [0.29, 0.717) is 6.42 Å². The van der Waals surface area contributed by atoms with Gasteiger partial charge in [0.2, 0.25) is 0 Å². The van der Waals surface area contributed by atoms with E-state index in [1.807, 2.05) is 18.2 Å². The van der Waals surface area contributed by atoms with E-state index in [2.05, 4.69) is 0 Å². The van der Waals surface area contributed by atoms with Crippen molar-refractivity contribution in [1.82, 2.24) is 0 Å². The van der Waals surface area contributed by atoms with Gasteiger partial charge >= 0.3 is 0 Å². The van der Waals surface area contributed by atoms with Gasteiger partial charge in [-0.05, 0) is 42.2 Å². The molecular weight excluding hydrogens is 176 g/mol. The van der Waals surface area contributed by atoms with Gasteiger partial charge in [-0.25, -0.2) is 0 Å². The van der Waals surface area contributed by atoms with Gasteiger partial charge in [0, 0.05) is 6.42 Å². The third-order valence-corrected chi connectivity index (χ3v) is 2.44. The Morgan fingerprint density at radius 3 is 2.43 bits per heavy atom. The zero-order valence-electron chi connectivity index (χ0n) is 7.86. The summed E-state index contributed by atoms with van der Waals surface area (Å²) in [5, 5.41) is 9.08. The molecule has 2 rings (SSSR count). The summed E-state index contributed by atoms with van der Waals surface area (Å²) < 4.78 is 0. The van der Waals surface area contributed by atoms with Gasteiger partial charge in [-0.2, -0.15) is 0 Å². The largest absolute Gasteiger partial charge is 0.508 e. The zero-order chi connectivity index (χ0) is 9.97. The number of hydrogen-bond donors (Lipinski definition) is 1. The first-order valence-electron chi connectivity index (χ1n) is 4.78. The Labute approximate surface area is 82.9 Å². The second-order valence-corrected chi connectivity index (χ2v) is 3.54. The van der Waals surface area contributed by atoms with Crippen LogP contribution < -0.4 is 0 Å². The fourth-order valence-corrected chi connectivity index (χ4v) is 1.66. The van der Waals surface area contributed by atoms with Gasteiger partial charge < -0.3 is 5.11 Å². The topological polar surface area (TPSA) is 37.3 Å². The van der Waals surface area contributed by atoms with Gasteiger partial charge in [0.05, 0.1) is 0 Å². The fourth-order valence-electron chi connectivity index (χ4n) is 1.66. The van der Waals surface area contributed by atoms with Crippen molar-refractivity contribution in [3.63, 3.8) is 0 Å². The maximum atomic E-state index is 11.3. The molecule has 0 radical (unpaired) electrons. The second kappa shape index (κ2) is 3.66. The number of allylic oxidation sites excluding steroid dienone is 1.